The smallest absolute Gasteiger partial charge is 0.206 e. The van der Waals surface area contributed by atoms with Gasteiger partial charge in [0.2, 0.25) is 5.95 Å². The minimum Gasteiger partial charge on any atom is -0.342 e. The summed E-state index contributed by atoms with van der Waals surface area (Å²) in [4.78, 5) is 24.5. The third kappa shape index (κ3) is 3.34. The zero-order valence-corrected chi connectivity index (χ0v) is 18.9. The number of rotatable bonds is 3. The Hall–Kier alpha value is -2.68. The van der Waals surface area contributed by atoms with Gasteiger partial charge in [0.25, 0.3) is 0 Å². The number of nitrogens with two attached hydrogens (primary N) is 1. The summed E-state index contributed by atoms with van der Waals surface area (Å²) in [5, 5.41) is 1.20. The van der Waals surface area contributed by atoms with Crippen molar-refractivity contribution in [2.24, 2.45) is 11.1 Å². The molecule has 1 fully saturated rings. The van der Waals surface area contributed by atoms with Crippen LogP contribution < -0.4 is 10.6 Å². The molecule has 0 amide bonds. The molecule has 0 saturated carbocycles. The predicted octanol–water partition coefficient (Wildman–Crippen LogP) is 4.40. The highest BCUT2D eigenvalue weighted by atomic mass is 35.5. The average Bonchev–Trinajstić information content (AvgIpc) is 3.35. The van der Waals surface area contributed by atoms with Crippen LogP contribution in [0.2, 0.25) is 5.15 Å². The SMILES string of the molecule is N[C@H]1c2ccccc2CC12CCN(c1nc3ncc(Sc4cccnc4Cl)nc3[nH]1)CC2. The van der Waals surface area contributed by atoms with Crippen molar-refractivity contribution < 1.29 is 0 Å². The molecule has 6 rings (SSSR count). The molecule has 1 aliphatic carbocycles. The van der Waals surface area contributed by atoms with E-state index in [9.17, 15) is 0 Å². The van der Waals surface area contributed by atoms with Crippen LogP contribution in [0.15, 0.2) is 58.7 Å². The highest BCUT2D eigenvalue weighted by molar-refractivity contribution is 7.99. The van der Waals surface area contributed by atoms with E-state index in [0.29, 0.717) is 16.4 Å². The summed E-state index contributed by atoms with van der Waals surface area (Å²) in [6.45, 7) is 1.82. The molecule has 9 heteroatoms. The van der Waals surface area contributed by atoms with Gasteiger partial charge in [-0.2, -0.15) is 4.98 Å². The van der Waals surface area contributed by atoms with Crippen LogP contribution in [0.1, 0.15) is 30.0 Å². The lowest BCUT2D eigenvalue weighted by Gasteiger charge is -2.42. The van der Waals surface area contributed by atoms with Crippen LogP contribution in [-0.4, -0.2) is 38.0 Å². The van der Waals surface area contributed by atoms with E-state index in [2.05, 4.69) is 49.1 Å². The molecular formula is C23H22ClN7S. The van der Waals surface area contributed by atoms with Gasteiger partial charge in [0, 0.05) is 25.3 Å². The second-order valence-corrected chi connectivity index (χ2v) is 9.96. The lowest BCUT2D eigenvalue weighted by molar-refractivity contribution is 0.187. The fraction of sp³-hybridized carbons (Fsp3) is 0.304. The highest BCUT2D eigenvalue weighted by Crippen LogP contribution is 2.50. The Kier molecular flexibility index (Phi) is 4.82. The standard InChI is InChI=1S/C23H22ClN7S/c24-19-16(6-3-9-26-19)32-17-13-27-20-21(28-17)30-22(29-20)31-10-7-23(8-11-31)12-14-4-1-2-5-15(14)18(23)25/h1-6,9,13,18H,7-8,10-12,25H2,(H,27,28,29,30)/t18-/m0/s1. The van der Waals surface area contributed by atoms with Crippen LogP contribution in [0.25, 0.3) is 11.3 Å². The number of nitrogens with zero attached hydrogens (tertiary/aromatic N) is 5. The third-order valence-corrected chi connectivity index (χ3v) is 8.13. The Labute approximate surface area is 194 Å². The molecule has 3 N–H and O–H groups in total. The van der Waals surface area contributed by atoms with E-state index < -0.39 is 0 Å². The van der Waals surface area contributed by atoms with Crippen molar-refractivity contribution in [2.45, 2.75) is 35.2 Å². The maximum Gasteiger partial charge on any atom is 0.206 e. The molecular weight excluding hydrogens is 442 g/mol. The number of nitrogens with one attached hydrogen (secondary N) is 1. The Morgan fingerprint density at radius 1 is 1.09 bits per heavy atom. The van der Waals surface area contributed by atoms with Gasteiger partial charge in [0.05, 0.1) is 11.1 Å². The number of piperidine rings is 1. The summed E-state index contributed by atoms with van der Waals surface area (Å²) in [7, 11) is 0. The summed E-state index contributed by atoms with van der Waals surface area (Å²) < 4.78 is 0. The summed E-state index contributed by atoms with van der Waals surface area (Å²) >= 11 is 7.61. The van der Waals surface area contributed by atoms with Crippen molar-refractivity contribution in [1.29, 1.82) is 0 Å². The molecule has 4 heterocycles. The molecule has 0 radical (unpaired) electrons. The monoisotopic (exact) mass is 463 g/mol. The number of anilines is 1. The van der Waals surface area contributed by atoms with Crippen molar-refractivity contribution in [3.63, 3.8) is 0 Å². The third-order valence-electron chi connectivity index (χ3n) is 6.76. The molecule has 3 aromatic heterocycles. The van der Waals surface area contributed by atoms with Gasteiger partial charge in [-0.3, -0.25) is 0 Å². The minimum absolute atomic E-state index is 0.110. The van der Waals surface area contributed by atoms with Gasteiger partial charge in [-0.1, -0.05) is 47.6 Å². The second-order valence-electron chi connectivity index (χ2n) is 8.54. The zero-order chi connectivity index (χ0) is 21.7. The molecule has 4 aromatic rings. The van der Waals surface area contributed by atoms with Gasteiger partial charge in [-0.15, -0.1) is 0 Å². The number of aromatic nitrogens is 5. The first-order valence-corrected chi connectivity index (χ1v) is 11.9. The largest absolute Gasteiger partial charge is 0.342 e. The molecule has 1 aromatic carbocycles. The quantitative estimate of drug-likeness (QED) is 0.435. The van der Waals surface area contributed by atoms with Gasteiger partial charge in [-0.05, 0) is 47.9 Å². The fourth-order valence-corrected chi connectivity index (χ4v) is 5.98. The maximum absolute atomic E-state index is 6.71. The van der Waals surface area contributed by atoms with E-state index >= 15 is 0 Å². The van der Waals surface area contributed by atoms with E-state index in [1.807, 2.05) is 12.1 Å². The number of fused-ring (bicyclic) bond motifs is 2. The number of hydrogen-bond acceptors (Lipinski definition) is 7. The van der Waals surface area contributed by atoms with E-state index in [1.165, 1.54) is 22.9 Å². The number of aromatic amines is 1. The van der Waals surface area contributed by atoms with Crippen LogP contribution in [-0.2, 0) is 6.42 Å². The normalized spacial score (nSPS) is 19.6. The number of benzene rings is 1. The number of halogens is 1. The molecule has 7 nitrogen and oxygen atoms in total. The molecule has 1 saturated heterocycles. The van der Waals surface area contributed by atoms with Gasteiger partial charge < -0.3 is 15.6 Å². The van der Waals surface area contributed by atoms with Gasteiger partial charge in [-0.25, -0.2) is 15.0 Å². The van der Waals surface area contributed by atoms with Crippen molar-refractivity contribution >= 4 is 40.6 Å². The van der Waals surface area contributed by atoms with Gasteiger partial charge in [0.15, 0.2) is 11.3 Å². The predicted molar refractivity (Wildman–Crippen MR) is 126 cm³/mol. The highest BCUT2D eigenvalue weighted by Gasteiger charge is 2.46. The maximum atomic E-state index is 6.71. The molecule has 1 aliphatic heterocycles. The molecule has 1 atom stereocenters. The van der Waals surface area contributed by atoms with Crippen LogP contribution >= 0.6 is 23.4 Å². The van der Waals surface area contributed by atoms with Crippen LogP contribution in [0, 0.1) is 5.41 Å². The zero-order valence-electron chi connectivity index (χ0n) is 17.3. The van der Waals surface area contributed by atoms with Crippen LogP contribution in [0.5, 0.6) is 0 Å². The first-order chi connectivity index (χ1) is 15.6. The Bertz CT molecular complexity index is 1300. The molecule has 1 spiro atoms. The van der Waals surface area contributed by atoms with Crippen molar-refractivity contribution in [2.75, 3.05) is 18.0 Å². The van der Waals surface area contributed by atoms with Gasteiger partial charge in [0.1, 0.15) is 10.2 Å². The first-order valence-electron chi connectivity index (χ1n) is 10.7. The summed E-state index contributed by atoms with van der Waals surface area (Å²) in [5.41, 5.74) is 10.9. The molecule has 32 heavy (non-hydrogen) atoms. The number of imidazole rings is 1. The Morgan fingerprint density at radius 3 is 2.75 bits per heavy atom. The van der Waals surface area contributed by atoms with E-state index in [1.54, 1.807) is 12.4 Å². The van der Waals surface area contributed by atoms with Crippen LogP contribution in [0.3, 0.4) is 0 Å². The van der Waals surface area contributed by atoms with E-state index in [0.717, 1.165) is 48.2 Å². The lowest BCUT2D eigenvalue weighted by atomic mass is 9.73. The van der Waals surface area contributed by atoms with E-state index in [-0.39, 0.29) is 11.5 Å². The molecule has 0 bridgehead atoms. The number of H-pyrrole nitrogens is 1. The molecule has 0 unspecified atom stereocenters. The topological polar surface area (TPSA) is 96.6 Å². The van der Waals surface area contributed by atoms with Crippen molar-refractivity contribution in [3.05, 3.63) is 65.1 Å². The fourth-order valence-electron chi connectivity index (χ4n) is 4.99. The van der Waals surface area contributed by atoms with Crippen molar-refractivity contribution in [1.82, 2.24) is 24.9 Å². The van der Waals surface area contributed by atoms with Crippen molar-refractivity contribution in [3.8, 4) is 0 Å². The summed E-state index contributed by atoms with van der Waals surface area (Å²) in [6, 6.07) is 12.5. The van der Waals surface area contributed by atoms with E-state index in [4.69, 9.17) is 22.3 Å². The average molecular weight is 464 g/mol. The lowest BCUT2D eigenvalue weighted by Crippen LogP contribution is -2.44. The summed E-state index contributed by atoms with van der Waals surface area (Å²) in [5.74, 6) is 0.820. The number of hydrogen-bond donors (Lipinski definition) is 2. The van der Waals surface area contributed by atoms with Crippen LogP contribution in [0.4, 0.5) is 5.95 Å². The first kappa shape index (κ1) is 20.0. The second kappa shape index (κ2) is 7.72. The molecule has 162 valence electrons. The number of pyridine rings is 1. The summed E-state index contributed by atoms with van der Waals surface area (Å²) in [6.07, 6.45) is 6.55. The minimum atomic E-state index is 0.110. The Morgan fingerprint density at radius 2 is 1.94 bits per heavy atom. The Balaban J connectivity index is 1.19. The molecule has 2 aliphatic rings. The van der Waals surface area contributed by atoms with Gasteiger partial charge >= 0.3 is 0 Å².